The molecule has 0 N–H and O–H groups in total. The van der Waals surface area contributed by atoms with Gasteiger partial charge in [-0.3, -0.25) is 9.69 Å². The molecule has 31 heavy (non-hydrogen) atoms. The molecule has 2 atom stereocenters. The van der Waals surface area contributed by atoms with Crippen molar-refractivity contribution in [3.8, 4) is 5.75 Å². The van der Waals surface area contributed by atoms with Crippen molar-refractivity contribution in [2.45, 2.75) is 39.3 Å². The van der Waals surface area contributed by atoms with Crippen LogP contribution in [0, 0.1) is 19.4 Å². The highest BCUT2D eigenvalue weighted by atomic mass is 32.1. The lowest BCUT2D eigenvalue weighted by molar-refractivity contribution is -0.120. The molecule has 2 saturated heterocycles. The Bertz CT molecular complexity index is 1070. The van der Waals surface area contributed by atoms with Gasteiger partial charge in [0.25, 0.3) is 5.91 Å². The average molecular weight is 436 g/mol. The molecule has 0 unspecified atom stereocenters. The molecule has 2 aromatic carbocycles. The molecule has 0 aliphatic carbocycles. The average Bonchev–Trinajstić information content (AvgIpc) is 3.21. The van der Waals surface area contributed by atoms with Crippen LogP contribution in [0.25, 0.3) is 4.85 Å². The van der Waals surface area contributed by atoms with Crippen LogP contribution in [0.1, 0.15) is 26.3 Å². The van der Waals surface area contributed by atoms with E-state index in [9.17, 15) is 4.79 Å². The van der Waals surface area contributed by atoms with E-state index in [0.29, 0.717) is 35.6 Å². The van der Waals surface area contributed by atoms with Crippen molar-refractivity contribution in [3.63, 3.8) is 0 Å². The molecule has 7 heteroatoms. The molecule has 2 aromatic rings. The summed E-state index contributed by atoms with van der Waals surface area (Å²) in [6.45, 7) is 16.3. The smallest absolute Gasteiger partial charge is 0.259 e. The van der Waals surface area contributed by atoms with Gasteiger partial charge in [0, 0.05) is 17.3 Å². The van der Waals surface area contributed by atoms with E-state index < -0.39 is 5.54 Å². The van der Waals surface area contributed by atoms with Crippen LogP contribution in [0.15, 0.2) is 42.5 Å². The fraction of sp³-hybridized carbons (Fsp3) is 0.375. The number of carbonyl (C=O) groups is 1. The molecule has 0 saturated carbocycles. The van der Waals surface area contributed by atoms with Crippen LogP contribution >= 0.6 is 12.2 Å². The number of hydrogen-bond donors (Lipinski definition) is 0. The third-order valence-electron chi connectivity index (χ3n) is 5.91. The molecule has 4 rings (SSSR count). The minimum atomic E-state index is -0.848. The van der Waals surface area contributed by atoms with Gasteiger partial charge in [0.1, 0.15) is 17.4 Å². The van der Waals surface area contributed by atoms with Gasteiger partial charge in [-0.25, -0.2) is 4.85 Å². The molecule has 6 nitrogen and oxygen atoms in total. The quantitative estimate of drug-likeness (QED) is 0.506. The van der Waals surface area contributed by atoms with E-state index in [1.807, 2.05) is 56.0 Å². The highest BCUT2D eigenvalue weighted by Gasteiger charge is 2.50. The Morgan fingerprint density at radius 1 is 1.16 bits per heavy atom. The highest BCUT2D eigenvalue weighted by Crippen LogP contribution is 2.38. The van der Waals surface area contributed by atoms with Crippen LogP contribution in [0.5, 0.6) is 5.75 Å². The summed E-state index contributed by atoms with van der Waals surface area (Å²) in [5.41, 5.74) is 2.02. The topological polar surface area (TPSA) is 46.4 Å². The Balaban J connectivity index is 1.61. The van der Waals surface area contributed by atoms with Crippen LogP contribution < -0.4 is 14.5 Å². The summed E-state index contributed by atoms with van der Waals surface area (Å²) in [7, 11) is 0. The molecular formula is C24H25N3O3S. The molecule has 0 aromatic heterocycles. The van der Waals surface area contributed by atoms with Crippen LogP contribution in [-0.2, 0) is 9.53 Å². The summed E-state index contributed by atoms with van der Waals surface area (Å²) < 4.78 is 11.5. The van der Waals surface area contributed by atoms with Gasteiger partial charge in [0.2, 0.25) is 0 Å². The van der Waals surface area contributed by atoms with E-state index in [0.717, 1.165) is 17.0 Å². The molecule has 2 heterocycles. The van der Waals surface area contributed by atoms with Crippen LogP contribution in [0.3, 0.4) is 0 Å². The van der Waals surface area contributed by atoms with Crippen LogP contribution in [0.4, 0.5) is 17.1 Å². The number of nitrogens with zero attached hydrogens (tertiary/aromatic N) is 3. The number of thiocarbonyl (C=S) groups is 1. The normalized spacial score (nSPS) is 22.7. The Hall–Kier alpha value is -2.95. The van der Waals surface area contributed by atoms with Gasteiger partial charge in [-0.2, -0.15) is 0 Å². The maximum atomic E-state index is 13.3. The summed E-state index contributed by atoms with van der Waals surface area (Å²) in [5.74, 6) is 1.01. The second-order valence-electron chi connectivity index (χ2n) is 8.57. The van der Waals surface area contributed by atoms with Crippen molar-refractivity contribution in [1.82, 2.24) is 0 Å². The minimum absolute atomic E-state index is 0.0499. The molecule has 0 spiro atoms. The third-order valence-corrected chi connectivity index (χ3v) is 6.27. The first-order valence-corrected chi connectivity index (χ1v) is 10.7. The summed E-state index contributed by atoms with van der Waals surface area (Å²) in [6.07, 6.45) is 0.0499. The fourth-order valence-electron chi connectivity index (χ4n) is 4.00. The Kier molecular flexibility index (Phi) is 5.46. The Morgan fingerprint density at radius 2 is 1.84 bits per heavy atom. The number of hydrogen-bond acceptors (Lipinski definition) is 4. The maximum absolute atomic E-state index is 13.3. The number of aryl methyl sites for hydroxylation is 1. The van der Waals surface area contributed by atoms with E-state index in [1.54, 1.807) is 17.0 Å². The third kappa shape index (κ3) is 3.67. The second kappa shape index (κ2) is 7.95. The number of benzene rings is 2. The van der Waals surface area contributed by atoms with Crippen molar-refractivity contribution in [3.05, 3.63) is 59.4 Å². The van der Waals surface area contributed by atoms with Gasteiger partial charge in [-0.15, -0.1) is 0 Å². The lowest BCUT2D eigenvalue weighted by Gasteiger charge is -2.29. The number of ether oxygens (including phenoxy) is 2. The maximum Gasteiger partial charge on any atom is 0.259 e. The zero-order valence-corrected chi connectivity index (χ0v) is 18.9. The van der Waals surface area contributed by atoms with E-state index in [-0.39, 0.29) is 12.0 Å². The number of amides is 1. The molecule has 2 aliphatic rings. The summed E-state index contributed by atoms with van der Waals surface area (Å²) in [5, 5.41) is 0.413. The molecule has 2 fully saturated rings. The zero-order chi connectivity index (χ0) is 22.3. The van der Waals surface area contributed by atoms with Gasteiger partial charge in [0.15, 0.2) is 10.8 Å². The lowest BCUT2D eigenvalue weighted by atomic mass is 10.0. The minimum Gasteiger partial charge on any atom is -0.488 e. The first-order chi connectivity index (χ1) is 14.7. The van der Waals surface area contributed by atoms with Gasteiger partial charge in [-0.1, -0.05) is 13.0 Å². The molecule has 1 amide bonds. The van der Waals surface area contributed by atoms with E-state index in [1.165, 1.54) is 0 Å². The fourth-order valence-corrected chi connectivity index (χ4v) is 4.52. The summed E-state index contributed by atoms with van der Waals surface area (Å²) in [6, 6.07) is 13.0. The van der Waals surface area contributed by atoms with Gasteiger partial charge in [-0.05, 0) is 75.0 Å². The van der Waals surface area contributed by atoms with E-state index in [2.05, 4.69) is 11.8 Å². The predicted octanol–water partition coefficient (Wildman–Crippen LogP) is 4.88. The predicted molar refractivity (Wildman–Crippen MR) is 125 cm³/mol. The van der Waals surface area contributed by atoms with Gasteiger partial charge in [0.05, 0.1) is 19.8 Å². The molecule has 0 radical (unpaired) electrons. The van der Waals surface area contributed by atoms with Crippen LogP contribution in [-0.4, -0.2) is 35.9 Å². The van der Waals surface area contributed by atoms with Crippen molar-refractivity contribution >= 4 is 40.3 Å². The molecular weight excluding hydrogens is 410 g/mol. The SMILES string of the molecule is [C-]#[N+]c1ccc(N2C(=O)C(C)(C)N(c3ccc(O[C@H]4COC[C@@H]4C)cc3)C2=S)cc1C. The van der Waals surface area contributed by atoms with Gasteiger partial charge < -0.3 is 14.4 Å². The Morgan fingerprint density at radius 3 is 2.42 bits per heavy atom. The largest absolute Gasteiger partial charge is 0.488 e. The van der Waals surface area contributed by atoms with E-state index >= 15 is 0 Å². The Labute approximate surface area is 188 Å². The number of anilines is 2. The lowest BCUT2D eigenvalue weighted by Crippen LogP contribution is -2.44. The molecule has 2 aliphatic heterocycles. The van der Waals surface area contributed by atoms with E-state index in [4.69, 9.17) is 28.3 Å². The summed E-state index contributed by atoms with van der Waals surface area (Å²) in [4.78, 5) is 20.2. The van der Waals surface area contributed by atoms with Crippen molar-refractivity contribution < 1.29 is 14.3 Å². The highest BCUT2D eigenvalue weighted by molar-refractivity contribution is 7.81. The second-order valence-corrected chi connectivity index (χ2v) is 8.93. The van der Waals surface area contributed by atoms with Crippen molar-refractivity contribution in [2.24, 2.45) is 5.92 Å². The van der Waals surface area contributed by atoms with Crippen molar-refractivity contribution in [1.29, 1.82) is 0 Å². The number of carbonyl (C=O) groups excluding carboxylic acids is 1. The van der Waals surface area contributed by atoms with Gasteiger partial charge >= 0.3 is 0 Å². The van der Waals surface area contributed by atoms with Crippen LogP contribution in [0.2, 0.25) is 0 Å². The monoisotopic (exact) mass is 435 g/mol. The first kappa shape index (κ1) is 21.3. The zero-order valence-electron chi connectivity index (χ0n) is 18.1. The standard InChI is InChI=1S/C24H25N3O3S/c1-15-12-18(8-11-20(15)25-5)26-22(28)24(3,4)27(23(26)31)17-6-9-19(10-7-17)30-21-14-29-13-16(21)2/h6-12,16,21H,13-14H2,1-4H3/t16-,21-/m0/s1. The summed E-state index contributed by atoms with van der Waals surface area (Å²) >= 11 is 5.74. The first-order valence-electron chi connectivity index (χ1n) is 10.3. The van der Waals surface area contributed by atoms with Crippen molar-refractivity contribution in [2.75, 3.05) is 23.0 Å². The molecule has 160 valence electrons. The molecule has 0 bridgehead atoms. The number of rotatable bonds is 4.